The van der Waals surface area contributed by atoms with E-state index >= 15 is 0 Å². The number of aliphatic hydroxyl groups excluding tert-OH is 1. The Morgan fingerprint density at radius 1 is 0.333 bits per heavy atom. The van der Waals surface area contributed by atoms with Gasteiger partial charge in [-0.1, -0.05) is 248 Å². The van der Waals surface area contributed by atoms with Crippen molar-refractivity contribution in [3.63, 3.8) is 0 Å². The molecule has 1 N–H and O–H groups in total. The molecule has 6 saturated heterocycles. The van der Waals surface area contributed by atoms with E-state index in [4.69, 9.17) is 19.2 Å². The van der Waals surface area contributed by atoms with Gasteiger partial charge in [-0.15, -0.1) is 0 Å². The fourth-order valence-corrected chi connectivity index (χ4v) is 14.9. The number of aryl methyl sites for hydroxylation is 2. The van der Waals surface area contributed by atoms with Gasteiger partial charge < -0.3 is 39.2 Å². The van der Waals surface area contributed by atoms with Gasteiger partial charge in [-0.2, -0.15) is 15.2 Å². The average molecular weight is 1450 g/mol. The molecule has 558 valence electrons. The van der Waals surface area contributed by atoms with Crippen LogP contribution in [0.4, 0.5) is 14.4 Å². The van der Waals surface area contributed by atoms with Crippen molar-refractivity contribution >= 4 is 35.8 Å². The van der Waals surface area contributed by atoms with Crippen LogP contribution in [0.25, 0.3) is 0 Å². The molecule has 0 aromatic heterocycles. The standard InChI is InChI=1S/C30H33N3O5.C30H33N3O3.C28H29N3O3/c1-37-27-14-11-23(12-15-27)18-31(17-22-7-9-24(20-34)10-8-22)29(35)28-16-13-26-19-32(28)30(36)33(26)38-21-25-5-3-2-4-6-25;1-22-8-12-24(13-9-22)18-31(19-25-14-10-23(2)11-15-25)29(34)28-17-16-27-20-32(28)30(35)33(27)36-21-26-6-4-3-5-7-26;32-27(29(18-22-10-4-1-5-11-22)19-23-12-6-2-7-13-23)26-17-16-25-20-30(26)28(33)31(25)34-21-24-14-8-3-9-15-24/h2-12,14-15,26,28,34H,13,16-21H2,1H3;3-15,27-28H,16-21H2,1-2H3;1-15,25-26H,16-21H2/t26-,28+;27-,28+;25-,26+/m111/s1. The molecule has 15 rings (SSSR count). The van der Waals surface area contributed by atoms with Gasteiger partial charge in [0.05, 0.1) is 31.8 Å². The molecular formula is C88H95N9O11. The molecular weight excluding hydrogens is 1360 g/mol. The average Bonchev–Trinajstić information content (AvgIpc) is 1.64. The lowest BCUT2D eigenvalue weighted by molar-refractivity contribution is -0.141. The molecule has 6 bridgehead atoms. The number of carbonyl (C=O) groups excluding carboxylic acids is 6. The van der Waals surface area contributed by atoms with Crippen molar-refractivity contribution in [1.29, 1.82) is 0 Å². The molecule has 6 aliphatic heterocycles. The van der Waals surface area contributed by atoms with E-state index in [1.165, 1.54) is 26.3 Å². The number of carbonyl (C=O) groups is 6. The number of aliphatic hydroxyl groups is 1. The lowest BCUT2D eigenvalue weighted by Gasteiger charge is -2.34. The Hall–Kier alpha value is -11.2. The van der Waals surface area contributed by atoms with Crippen molar-refractivity contribution < 1.29 is 53.1 Å². The highest BCUT2D eigenvalue weighted by atomic mass is 16.7. The number of rotatable bonds is 26. The molecule has 20 nitrogen and oxygen atoms in total. The van der Waals surface area contributed by atoms with Crippen LogP contribution in [0.5, 0.6) is 5.75 Å². The number of urea groups is 3. The molecule has 9 aromatic rings. The minimum atomic E-state index is -0.543. The predicted octanol–water partition coefficient (Wildman–Crippen LogP) is 14.0. The molecule has 0 saturated carbocycles. The van der Waals surface area contributed by atoms with Crippen LogP contribution in [0.2, 0.25) is 0 Å². The first-order chi connectivity index (χ1) is 52.7. The highest BCUT2D eigenvalue weighted by molar-refractivity contribution is 5.90. The zero-order chi connectivity index (χ0) is 74.9. The molecule has 0 spiro atoms. The van der Waals surface area contributed by atoms with Crippen LogP contribution in [0.1, 0.15) is 105 Å². The second-order valence-corrected chi connectivity index (χ2v) is 28.6. The number of amides is 9. The summed E-state index contributed by atoms with van der Waals surface area (Å²) >= 11 is 0. The third-order valence-corrected chi connectivity index (χ3v) is 20.9. The van der Waals surface area contributed by atoms with Crippen LogP contribution in [-0.2, 0) is 94.6 Å². The monoisotopic (exact) mass is 1450 g/mol. The number of nitrogens with zero attached hydrogens (tertiary/aromatic N) is 9. The summed E-state index contributed by atoms with van der Waals surface area (Å²) in [6, 6.07) is 78.9. The number of hydrogen-bond acceptors (Lipinski definition) is 11. The summed E-state index contributed by atoms with van der Waals surface area (Å²) in [5, 5.41) is 13.8. The van der Waals surface area contributed by atoms with Gasteiger partial charge in [-0.3, -0.25) is 28.9 Å². The van der Waals surface area contributed by atoms with Gasteiger partial charge >= 0.3 is 18.1 Å². The molecule has 0 aliphatic carbocycles. The largest absolute Gasteiger partial charge is 0.497 e. The third-order valence-electron chi connectivity index (χ3n) is 20.9. The second-order valence-electron chi connectivity index (χ2n) is 28.6. The molecule has 6 aliphatic rings. The topological polar surface area (TPSA) is 189 Å². The number of hydrogen-bond donors (Lipinski definition) is 1. The molecule has 6 heterocycles. The van der Waals surface area contributed by atoms with Crippen LogP contribution in [0.3, 0.4) is 0 Å². The molecule has 9 aromatic carbocycles. The highest BCUT2D eigenvalue weighted by Crippen LogP contribution is 2.36. The third kappa shape index (κ3) is 18.8. The van der Waals surface area contributed by atoms with Crippen molar-refractivity contribution in [2.45, 2.75) is 154 Å². The van der Waals surface area contributed by atoms with Gasteiger partial charge in [-0.05, 0) is 120 Å². The minimum Gasteiger partial charge on any atom is -0.497 e. The molecule has 6 fully saturated rings. The van der Waals surface area contributed by atoms with Gasteiger partial charge in [0.2, 0.25) is 17.7 Å². The van der Waals surface area contributed by atoms with Gasteiger partial charge in [0.25, 0.3) is 0 Å². The Morgan fingerprint density at radius 3 is 0.843 bits per heavy atom. The predicted molar refractivity (Wildman–Crippen MR) is 409 cm³/mol. The lowest BCUT2D eigenvalue weighted by atomic mass is 9.99. The quantitative estimate of drug-likeness (QED) is 0.0543. The first-order valence-corrected chi connectivity index (χ1v) is 37.4. The number of piperidine rings is 3. The highest BCUT2D eigenvalue weighted by Gasteiger charge is 2.52. The summed E-state index contributed by atoms with van der Waals surface area (Å²) in [4.78, 5) is 110. The summed E-state index contributed by atoms with van der Waals surface area (Å²) in [5.74, 6) is 0.656. The molecule has 9 amide bonds. The van der Waals surface area contributed by atoms with Crippen LogP contribution in [0.15, 0.2) is 249 Å². The number of methoxy groups -OCH3 is 1. The fourth-order valence-electron chi connectivity index (χ4n) is 14.9. The van der Waals surface area contributed by atoms with Crippen LogP contribution >= 0.6 is 0 Å². The maximum Gasteiger partial charge on any atom is 0.345 e. The number of hydroxylamine groups is 6. The van der Waals surface area contributed by atoms with Crippen molar-refractivity contribution in [3.05, 3.63) is 315 Å². The summed E-state index contributed by atoms with van der Waals surface area (Å²) in [7, 11) is 1.62. The molecule has 108 heavy (non-hydrogen) atoms. The molecule has 20 heteroatoms. The Morgan fingerprint density at radius 2 is 0.574 bits per heavy atom. The van der Waals surface area contributed by atoms with Gasteiger partial charge in [0.1, 0.15) is 43.7 Å². The summed E-state index contributed by atoms with van der Waals surface area (Å²) in [6.07, 6.45) is 4.06. The van der Waals surface area contributed by atoms with E-state index in [0.29, 0.717) is 104 Å². The Bertz CT molecular complexity index is 4300. The lowest BCUT2D eigenvalue weighted by Crippen LogP contribution is -2.50. The van der Waals surface area contributed by atoms with Gasteiger partial charge in [-0.25, -0.2) is 14.4 Å². The number of ether oxygens (including phenoxy) is 1. The van der Waals surface area contributed by atoms with E-state index in [0.717, 1.165) is 74.2 Å². The van der Waals surface area contributed by atoms with Crippen LogP contribution < -0.4 is 4.74 Å². The van der Waals surface area contributed by atoms with Crippen LogP contribution in [0, 0.1) is 13.8 Å². The van der Waals surface area contributed by atoms with E-state index in [9.17, 15) is 33.9 Å². The summed E-state index contributed by atoms with van der Waals surface area (Å²) in [6.45, 7) is 9.40. The van der Waals surface area contributed by atoms with E-state index in [1.54, 1.807) is 21.8 Å². The molecule has 6 atom stereocenters. The minimum absolute atomic E-state index is 0.00661. The second kappa shape index (κ2) is 36.0. The smallest absolute Gasteiger partial charge is 0.345 e. The van der Waals surface area contributed by atoms with E-state index in [2.05, 4.69) is 62.4 Å². The Kier molecular flexibility index (Phi) is 25.0. The Balaban J connectivity index is 0.000000143. The number of benzene rings is 9. The molecule has 0 radical (unpaired) electrons. The van der Waals surface area contributed by atoms with Gasteiger partial charge in [0.15, 0.2) is 0 Å². The van der Waals surface area contributed by atoms with Gasteiger partial charge in [0, 0.05) is 58.9 Å². The van der Waals surface area contributed by atoms with Crippen LogP contribution in [-0.4, -0.2) is 149 Å². The maximum absolute atomic E-state index is 14.0. The first-order valence-electron chi connectivity index (χ1n) is 37.4. The summed E-state index contributed by atoms with van der Waals surface area (Å²) < 4.78 is 5.28. The summed E-state index contributed by atoms with van der Waals surface area (Å²) in [5.41, 5.74) is 12.4. The SMILES string of the molecule is COc1ccc(CN(Cc2ccc(CO)cc2)C(=O)[C@@H]2CC[C@@H]3CN2C(=O)N3OCc2ccccc2)cc1.Cc1ccc(CN(Cc2ccc(C)cc2)C(=O)[C@@H]2CC[C@@H]3CN2C(=O)N3OCc2ccccc2)cc1.O=C([C@@H]1CC[C@@H]2CN1C(=O)N2OCc1ccccc1)N(Cc1ccccc1)Cc1ccccc1. The van der Waals surface area contributed by atoms with Crippen molar-refractivity contribution in [2.24, 2.45) is 0 Å². The molecule has 0 unspecified atom stereocenters. The van der Waals surface area contributed by atoms with E-state index in [-0.39, 0.29) is 60.5 Å². The van der Waals surface area contributed by atoms with Crippen molar-refractivity contribution in [1.82, 2.24) is 44.6 Å². The fraction of sp³-hybridized carbons (Fsp3) is 0.318. The van der Waals surface area contributed by atoms with E-state index < -0.39 is 18.1 Å². The zero-order valence-corrected chi connectivity index (χ0v) is 61.6. The number of fused-ring (bicyclic) bond motifs is 6. The Labute approximate surface area is 632 Å². The normalized spacial score (nSPS) is 18.9. The zero-order valence-electron chi connectivity index (χ0n) is 61.6. The first kappa shape index (κ1) is 75.1. The van der Waals surface area contributed by atoms with Crippen molar-refractivity contribution in [2.75, 3.05) is 26.7 Å². The van der Waals surface area contributed by atoms with E-state index in [1.807, 2.05) is 215 Å². The maximum atomic E-state index is 14.0. The van der Waals surface area contributed by atoms with Crippen molar-refractivity contribution in [3.8, 4) is 5.75 Å².